The Hall–Kier alpha value is 0.230. The first kappa shape index (κ1) is 14.6. The molecular formula is C14H27NO2S. The minimum Gasteiger partial charge on any atom is -0.393 e. The molecule has 2 aliphatic heterocycles. The van der Waals surface area contributed by atoms with Gasteiger partial charge in [0, 0.05) is 6.61 Å². The Balaban J connectivity index is 1.85. The molecule has 0 aromatic heterocycles. The van der Waals surface area contributed by atoms with Crippen molar-refractivity contribution in [2.45, 2.75) is 43.8 Å². The van der Waals surface area contributed by atoms with Crippen LogP contribution in [0.4, 0.5) is 0 Å². The van der Waals surface area contributed by atoms with E-state index in [4.69, 9.17) is 4.74 Å². The molecule has 0 bridgehead atoms. The Bertz CT molecular complexity index is 249. The van der Waals surface area contributed by atoms with E-state index in [0.717, 1.165) is 32.4 Å². The second-order valence-electron chi connectivity index (χ2n) is 6.06. The first-order valence-corrected chi connectivity index (χ1v) is 8.31. The summed E-state index contributed by atoms with van der Waals surface area (Å²) in [6.07, 6.45) is 5.19. The van der Waals surface area contributed by atoms with Crippen molar-refractivity contribution in [1.29, 1.82) is 0 Å². The Kier molecular flexibility index (Phi) is 5.36. The van der Waals surface area contributed by atoms with E-state index in [0.29, 0.717) is 5.92 Å². The Morgan fingerprint density at radius 2 is 2.11 bits per heavy atom. The van der Waals surface area contributed by atoms with Crippen LogP contribution >= 0.6 is 11.8 Å². The van der Waals surface area contributed by atoms with Gasteiger partial charge < -0.3 is 14.7 Å². The van der Waals surface area contributed by atoms with Crippen molar-refractivity contribution in [3.05, 3.63) is 0 Å². The third-order valence-corrected chi connectivity index (χ3v) is 5.34. The zero-order valence-corrected chi connectivity index (χ0v) is 12.5. The lowest BCUT2D eigenvalue weighted by Gasteiger charge is -2.44. The number of nitrogens with zero attached hydrogens (tertiary/aromatic N) is 1. The van der Waals surface area contributed by atoms with Crippen LogP contribution in [0.1, 0.15) is 32.1 Å². The molecule has 2 unspecified atom stereocenters. The molecule has 3 nitrogen and oxygen atoms in total. The average molecular weight is 273 g/mol. The topological polar surface area (TPSA) is 32.7 Å². The van der Waals surface area contributed by atoms with E-state index < -0.39 is 0 Å². The summed E-state index contributed by atoms with van der Waals surface area (Å²) in [5, 5.41) is 10.3. The fourth-order valence-corrected chi connectivity index (χ4v) is 4.35. The van der Waals surface area contributed by atoms with Crippen molar-refractivity contribution in [1.82, 2.24) is 4.90 Å². The van der Waals surface area contributed by atoms with Gasteiger partial charge in [0.05, 0.1) is 11.7 Å². The second-order valence-corrected chi connectivity index (χ2v) is 7.28. The van der Waals surface area contributed by atoms with Gasteiger partial charge in [0.1, 0.15) is 0 Å². The standard InChI is InChI=1S/C14H27NO2S/c1-15(2)7-3-13(16)12-4-8-17-14(11-12)5-9-18-10-6-14/h12-13,16H,3-11H2,1-2H3. The number of aliphatic hydroxyl groups is 1. The summed E-state index contributed by atoms with van der Waals surface area (Å²) in [5.74, 6) is 2.89. The van der Waals surface area contributed by atoms with E-state index in [1.54, 1.807) is 0 Å². The molecule has 2 saturated heterocycles. The Labute approximate surface area is 115 Å². The third kappa shape index (κ3) is 3.86. The summed E-state index contributed by atoms with van der Waals surface area (Å²) in [5.41, 5.74) is 0.104. The van der Waals surface area contributed by atoms with Crippen LogP contribution < -0.4 is 0 Å². The maximum atomic E-state index is 10.3. The molecular weight excluding hydrogens is 246 g/mol. The lowest BCUT2D eigenvalue weighted by Crippen LogP contribution is -2.45. The zero-order chi connectivity index (χ0) is 13.0. The van der Waals surface area contributed by atoms with Crippen LogP contribution in [-0.4, -0.2) is 60.5 Å². The van der Waals surface area contributed by atoms with Gasteiger partial charge in [0.15, 0.2) is 0 Å². The third-order valence-electron chi connectivity index (χ3n) is 4.35. The fraction of sp³-hybridized carbons (Fsp3) is 1.00. The summed E-state index contributed by atoms with van der Waals surface area (Å²) >= 11 is 2.04. The van der Waals surface area contributed by atoms with Gasteiger partial charge in [-0.3, -0.25) is 0 Å². The number of thioether (sulfide) groups is 1. The van der Waals surface area contributed by atoms with Crippen molar-refractivity contribution in [3.8, 4) is 0 Å². The summed E-state index contributed by atoms with van der Waals surface area (Å²) in [4.78, 5) is 2.15. The zero-order valence-electron chi connectivity index (χ0n) is 11.7. The summed E-state index contributed by atoms with van der Waals surface area (Å²) < 4.78 is 6.08. The number of hydrogen-bond donors (Lipinski definition) is 1. The molecule has 4 heteroatoms. The van der Waals surface area contributed by atoms with Gasteiger partial charge in [0.2, 0.25) is 0 Å². The minimum absolute atomic E-state index is 0.104. The molecule has 0 aromatic carbocycles. The molecule has 2 heterocycles. The van der Waals surface area contributed by atoms with Gasteiger partial charge in [-0.1, -0.05) is 0 Å². The van der Waals surface area contributed by atoms with Crippen LogP contribution in [0.15, 0.2) is 0 Å². The van der Waals surface area contributed by atoms with E-state index in [2.05, 4.69) is 19.0 Å². The van der Waals surface area contributed by atoms with Crippen molar-refractivity contribution in [2.75, 3.05) is 38.8 Å². The normalized spacial score (nSPS) is 29.7. The summed E-state index contributed by atoms with van der Waals surface area (Å²) in [6, 6.07) is 0. The van der Waals surface area contributed by atoms with Crippen LogP contribution in [0.2, 0.25) is 0 Å². The molecule has 2 atom stereocenters. The number of hydrogen-bond acceptors (Lipinski definition) is 4. The predicted octanol–water partition coefficient (Wildman–Crippen LogP) is 1.99. The predicted molar refractivity (Wildman–Crippen MR) is 77.1 cm³/mol. The van der Waals surface area contributed by atoms with E-state index in [-0.39, 0.29) is 11.7 Å². The largest absolute Gasteiger partial charge is 0.393 e. The molecule has 1 N–H and O–H groups in total. The molecule has 1 spiro atoms. The van der Waals surface area contributed by atoms with E-state index in [1.165, 1.54) is 24.3 Å². The van der Waals surface area contributed by atoms with Crippen molar-refractivity contribution in [2.24, 2.45) is 5.92 Å². The van der Waals surface area contributed by atoms with Crippen LogP contribution in [0.3, 0.4) is 0 Å². The molecule has 0 aliphatic carbocycles. The quantitative estimate of drug-likeness (QED) is 0.849. The molecule has 0 saturated carbocycles. The monoisotopic (exact) mass is 273 g/mol. The first-order chi connectivity index (χ1) is 8.61. The van der Waals surface area contributed by atoms with Crippen molar-refractivity contribution < 1.29 is 9.84 Å². The molecule has 18 heavy (non-hydrogen) atoms. The van der Waals surface area contributed by atoms with Crippen molar-refractivity contribution >= 4 is 11.8 Å². The molecule has 2 aliphatic rings. The van der Waals surface area contributed by atoms with Gasteiger partial charge in [-0.2, -0.15) is 11.8 Å². The first-order valence-electron chi connectivity index (χ1n) is 7.16. The number of rotatable bonds is 4. The van der Waals surface area contributed by atoms with Crippen LogP contribution in [0.5, 0.6) is 0 Å². The van der Waals surface area contributed by atoms with Gasteiger partial charge >= 0.3 is 0 Å². The van der Waals surface area contributed by atoms with Gasteiger partial charge in [-0.05, 0) is 70.2 Å². The van der Waals surface area contributed by atoms with Gasteiger partial charge in [-0.25, -0.2) is 0 Å². The second kappa shape index (κ2) is 6.60. The van der Waals surface area contributed by atoms with Crippen LogP contribution in [-0.2, 0) is 4.74 Å². The fourth-order valence-electron chi connectivity index (χ4n) is 3.11. The highest BCUT2D eigenvalue weighted by Gasteiger charge is 2.40. The summed E-state index contributed by atoms with van der Waals surface area (Å²) in [6.45, 7) is 1.82. The number of ether oxygens (including phenoxy) is 1. The molecule has 2 fully saturated rings. The van der Waals surface area contributed by atoms with Crippen LogP contribution in [0.25, 0.3) is 0 Å². The van der Waals surface area contributed by atoms with E-state index in [9.17, 15) is 5.11 Å². The number of aliphatic hydroxyl groups excluding tert-OH is 1. The van der Waals surface area contributed by atoms with E-state index in [1.807, 2.05) is 11.8 Å². The average Bonchev–Trinajstić information content (AvgIpc) is 2.37. The minimum atomic E-state index is -0.150. The lowest BCUT2D eigenvalue weighted by atomic mass is 9.79. The van der Waals surface area contributed by atoms with E-state index >= 15 is 0 Å². The SMILES string of the molecule is CN(C)CCC(O)C1CCOC2(CCSCC2)C1. The maximum absolute atomic E-state index is 10.3. The highest BCUT2D eigenvalue weighted by molar-refractivity contribution is 7.99. The highest BCUT2D eigenvalue weighted by atomic mass is 32.2. The molecule has 0 amide bonds. The lowest BCUT2D eigenvalue weighted by molar-refractivity contribution is -0.121. The van der Waals surface area contributed by atoms with Crippen molar-refractivity contribution in [3.63, 3.8) is 0 Å². The molecule has 0 radical (unpaired) electrons. The Morgan fingerprint density at radius 1 is 1.39 bits per heavy atom. The maximum Gasteiger partial charge on any atom is 0.0701 e. The van der Waals surface area contributed by atoms with Gasteiger partial charge in [-0.15, -0.1) is 0 Å². The molecule has 106 valence electrons. The van der Waals surface area contributed by atoms with Gasteiger partial charge in [0.25, 0.3) is 0 Å². The highest BCUT2D eigenvalue weighted by Crippen LogP contribution is 2.41. The summed E-state index contributed by atoms with van der Waals surface area (Å²) in [7, 11) is 4.13. The smallest absolute Gasteiger partial charge is 0.0701 e. The Morgan fingerprint density at radius 3 is 2.78 bits per heavy atom. The molecule has 2 rings (SSSR count). The van der Waals surface area contributed by atoms with Crippen LogP contribution in [0, 0.1) is 5.92 Å². The molecule has 0 aromatic rings.